The molecule has 0 spiro atoms. The monoisotopic (exact) mass is 560 g/mol. The number of methoxy groups -OCH3 is 1. The van der Waals surface area contributed by atoms with Crippen molar-refractivity contribution in [1.82, 2.24) is 9.55 Å². The fourth-order valence-electron chi connectivity index (χ4n) is 4.56. The molecule has 0 saturated heterocycles. The van der Waals surface area contributed by atoms with E-state index in [1.165, 1.54) is 7.11 Å². The van der Waals surface area contributed by atoms with Crippen LogP contribution in [0.15, 0.2) is 69.8 Å². The van der Waals surface area contributed by atoms with E-state index in [1.807, 2.05) is 73.0 Å². The number of nitrogens with zero attached hydrogens (tertiary/aromatic N) is 2. The molecule has 7 nitrogen and oxygen atoms in total. The molecule has 0 atom stereocenters. The van der Waals surface area contributed by atoms with E-state index >= 15 is 0 Å². The van der Waals surface area contributed by atoms with Crippen molar-refractivity contribution in [2.45, 2.75) is 59.1 Å². The van der Waals surface area contributed by atoms with E-state index in [-0.39, 0.29) is 11.9 Å². The lowest BCUT2D eigenvalue weighted by Gasteiger charge is -2.16. The second kappa shape index (κ2) is 12.9. The molecule has 8 heteroatoms. The summed E-state index contributed by atoms with van der Waals surface area (Å²) in [5.74, 6) is 0.512. The molecule has 3 aromatic carbocycles. The van der Waals surface area contributed by atoms with Crippen LogP contribution in [0.3, 0.4) is 0 Å². The summed E-state index contributed by atoms with van der Waals surface area (Å²) in [7, 11) is 1.36. The van der Waals surface area contributed by atoms with Crippen LogP contribution in [0.25, 0.3) is 17.2 Å². The van der Waals surface area contributed by atoms with E-state index in [2.05, 4.69) is 11.9 Å². The molecule has 0 unspecified atom stereocenters. The molecule has 0 aliphatic carbocycles. The lowest BCUT2D eigenvalue weighted by atomic mass is 9.98. The van der Waals surface area contributed by atoms with Gasteiger partial charge in [-0.05, 0) is 43.0 Å². The molecular formula is C32H33ClN2O5. The number of rotatable bonds is 12. The number of hydrogen-bond donors (Lipinski definition) is 0. The quantitative estimate of drug-likeness (QED) is 0.124. The molecular weight excluding hydrogens is 528 g/mol. The molecule has 208 valence electrons. The summed E-state index contributed by atoms with van der Waals surface area (Å²) in [5.41, 5.74) is 2.83. The third-order valence-corrected chi connectivity index (χ3v) is 6.87. The van der Waals surface area contributed by atoms with Crippen LogP contribution in [0.1, 0.15) is 56.3 Å². The minimum absolute atomic E-state index is 0.122. The molecule has 0 N–H and O–H groups in total. The number of carbonyl (C=O) groups excluding carboxylic acids is 1. The van der Waals surface area contributed by atoms with E-state index in [1.54, 1.807) is 6.08 Å². The first kappa shape index (κ1) is 29.0. The lowest BCUT2D eigenvalue weighted by Crippen LogP contribution is -2.35. The van der Waals surface area contributed by atoms with Crippen molar-refractivity contribution < 1.29 is 14.3 Å². The van der Waals surface area contributed by atoms with Gasteiger partial charge in [-0.25, -0.2) is 9.78 Å². The van der Waals surface area contributed by atoms with E-state index in [9.17, 15) is 14.4 Å². The first-order chi connectivity index (χ1) is 19.2. The molecule has 0 aliphatic rings. The normalized spacial score (nSPS) is 11.8. The van der Waals surface area contributed by atoms with Gasteiger partial charge in [-0.15, -0.1) is 0 Å². The van der Waals surface area contributed by atoms with Crippen LogP contribution in [0, 0.1) is 0 Å². The van der Waals surface area contributed by atoms with Crippen LogP contribution in [0.2, 0.25) is 5.15 Å². The molecule has 1 aromatic heterocycles. The Morgan fingerprint density at radius 3 is 2.35 bits per heavy atom. The highest BCUT2D eigenvalue weighted by atomic mass is 35.5. The SMILES string of the molecule is CCCCc1nc(Cl)c(/C=C(\Cc2ccccc2)C(=O)OC)n1Cc1ccc(-c2c(OC(C)C)c(=O)c2=O)cc1. The number of esters is 1. The van der Waals surface area contributed by atoms with Gasteiger partial charge < -0.3 is 14.0 Å². The second-order valence-electron chi connectivity index (χ2n) is 9.94. The van der Waals surface area contributed by atoms with Gasteiger partial charge in [-0.3, -0.25) is 9.59 Å². The Morgan fingerprint density at radius 2 is 1.73 bits per heavy atom. The Morgan fingerprint density at radius 1 is 1.02 bits per heavy atom. The van der Waals surface area contributed by atoms with Crippen molar-refractivity contribution in [2.24, 2.45) is 0 Å². The fraction of sp³-hybridized carbons (Fsp3) is 0.312. The summed E-state index contributed by atoms with van der Waals surface area (Å²) in [6.45, 7) is 6.19. The summed E-state index contributed by atoms with van der Waals surface area (Å²) in [6.07, 6.45) is 4.60. The molecule has 4 rings (SSSR count). The van der Waals surface area contributed by atoms with Crippen LogP contribution in [0.5, 0.6) is 5.75 Å². The Kier molecular flexibility index (Phi) is 9.38. The first-order valence-corrected chi connectivity index (χ1v) is 13.8. The minimum Gasteiger partial charge on any atom is -0.486 e. The van der Waals surface area contributed by atoms with Crippen molar-refractivity contribution in [3.63, 3.8) is 0 Å². The van der Waals surface area contributed by atoms with Gasteiger partial charge in [0, 0.05) is 25.0 Å². The second-order valence-corrected chi connectivity index (χ2v) is 10.3. The highest BCUT2D eigenvalue weighted by molar-refractivity contribution is 6.30. The Bertz CT molecular complexity index is 1580. The average molecular weight is 561 g/mol. The largest absolute Gasteiger partial charge is 0.486 e. The smallest absolute Gasteiger partial charge is 0.334 e. The maximum Gasteiger partial charge on any atom is 0.334 e. The number of carbonyl (C=O) groups is 1. The molecule has 0 fully saturated rings. The van der Waals surface area contributed by atoms with Gasteiger partial charge in [-0.1, -0.05) is 79.5 Å². The van der Waals surface area contributed by atoms with Gasteiger partial charge in [0.1, 0.15) is 5.82 Å². The number of aryl methyl sites for hydroxylation is 1. The molecule has 0 amide bonds. The number of unbranched alkanes of at least 4 members (excludes halogenated alkanes) is 1. The van der Waals surface area contributed by atoms with Crippen LogP contribution >= 0.6 is 11.6 Å². The highest BCUT2D eigenvalue weighted by Gasteiger charge is 2.25. The van der Waals surface area contributed by atoms with Gasteiger partial charge in [0.2, 0.25) is 5.43 Å². The van der Waals surface area contributed by atoms with Gasteiger partial charge in [0.25, 0.3) is 5.43 Å². The van der Waals surface area contributed by atoms with Crippen molar-refractivity contribution in [1.29, 1.82) is 0 Å². The van der Waals surface area contributed by atoms with Gasteiger partial charge in [-0.2, -0.15) is 0 Å². The first-order valence-electron chi connectivity index (χ1n) is 13.4. The average Bonchev–Trinajstić information content (AvgIpc) is 3.24. The maximum atomic E-state index is 12.7. The number of aromatic nitrogens is 2. The third kappa shape index (κ3) is 6.42. The van der Waals surface area contributed by atoms with Crippen LogP contribution in [0.4, 0.5) is 0 Å². The number of halogens is 1. The molecule has 0 aliphatic heterocycles. The van der Waals surface area contributed by atoms with Crippen molar-refractivity contribution in [3.8, 4) is 16.9 Å². The lowest BCUT2D eigenvalue weighted by molar-refractivity contribution is -0.136. The number of ether oxygens (including phenoxy) is 2. The molecule has 4 aromatic rings. The third-order valence-electron chi connectivity index (χ3n) is 6.59. The molecule has 0 radical (unpaired) electrons. The molecule has 1 heterocycles. The van der Waals surface area contributed by atoms with Gasteiger partial charge in [0.15, 0.2) is 10.9 Å². The zero-order chi connectivity index (χ0) is 28.8. The highest BCUT2D eigenvalue weighted by Crippen LogP contribution is 2.28. The topological polar surface area (TPSA) is 87.5 Å². The standard InChI is InChI=1S/C32H33ClN2O5/c1-5-6-12-26-34-31(33)25(18-24(32(38)39-4)17-21-10-8-7-9-11-21)35(26)19-22-13-15-23(16-14-22)27-28(36)29(37)30(27)40-20(2)3/h7-11,13-16,18,20H,5-6,12,17,19H2,1-4H3/b24-18+. The van der Waals surface area contributed by atoms with Crippen LogP contribution in [-0.4, -0.2) is 28.7 Å². The van der Waals surface area contributed by atoms with Crippen molar-refractivity contribution in [2.75, 3.05) is 7.11 Å². The Hall–Kier alpha value is -3.97. The summed E-state index contributed by atoms with van der Waals surface area (Å²) in [5, 5.41) is 0.316. The van der Waals surface area contributed by atoms with Gasteiger partial charge >= 0.3 is 5.97 Å². The number of imidazole rings is 1. The van der Waals surface area contributed by atoms with E-state index in [0.29, 0.717) is 40.5 Å². The number of benzene rings is 2. The predicted molar refractivity (Wildman–Crippen MR) is 158 cm³/mol. The molecule has 0 bridgehead atoms. The summed E-state index contributed by atoms with van der Waals surface area (Å²) in [6, 6.07) is 17.1. The van der Waals surface area contributed by atoms with Crippen molar-refractivity contribution >= 4 is 23.6 Å². The summed E-state index contributed by atoms with van der Waals surface area (Å²) < 4.78 is 12.7. The summed E-state index contributed by atoms with van der Waals surface area (Å²) >= 11 is 6.65. The Balaban J connectivity index is 1.70. The molecule has 40 heavy (non-hydrogen) atoms. The Labute approximate surface area is 238 Å². The maximum absolute atomic E-state index is 12.7. The van der Waals surface area contributed by atoms with Gasteiger partial charge in [0.05, 0.1) is 24.5 Å². The zero-order valence-electron chi connectivity index (χ0n) is 23.2. The van der Waals surface area contributed by atoms with Crippen molar-refractivity contribution in [3.05, 3.63) is 108 Å². The van der Waals surface area contributed by atoms with E-state index in [0.717, 1.165) is 36.2 Å². The van der Waals surface area contributed by atoms with E-state index in [4.69, 9.17) is 21.1 Å². The van der Waals surface area contributed by atoms with E-state index < -0.39 is 16.8 Å². The van der Waals surface area contributed by atoms with Crippen LogP contribution < -0.4 is 15.6 Å². The minimum atomic E-state index is -0.588. The van der Waals surface area contributed by atoms with Crippen LogP contribution in [-0.2, 0) is 28.9 Å². The fourth-order valence-corrected chi connectivity index (χ4v) is 4.81. The zero-order valence-corrected chi connectivity index (χ0v) is 24.0. The molecule has 0 saturated carbocycles. The number of hydrogen-bond acceptors (Lipinski definition) is 6. The summed E-state index contributed by atoms with van der Waals surface area (Å²) in [4.78, 5) is 41.7. The predicted octanol–water partition coefficient (Wildman–Crippen LogP) is 5.78.